The molecular formula is C24H27N3O3S. The van der Waals surface area contributed by atoms with Crippen LogP contribution in [0.1, 0.15) is 52.0 Å². The fourth-order valence-electron chi connectivity index (χ4n) is 4.62. The second-order valence-corrected chi connectivity index (χ2v) is 9.45. The molecule has 1 fully saturated rings. The minimum atomic E-state index is -0.100. The van der Waals surface area contributed by atoms with Gasteiger partial charge in [-0.05, 0) is 55.7 Å². The number of benzene rings is 1. The average Bonchev–Trinajstić information content (AvgIpc) is 3.51. The molecule has 2 amide bonds. The third-order valence-electron chi connectivity index (χ3n) is 6.19. The Labute approximate surface area is 185 Å². The lowest BCUT2D eigenvalue weighted by Gasteiger charge is -2.15. The lowest BCUT2D eigenvalue weighted by Crippen LogP contribution is -2.32. The van der Waals surface area contributed by atoms with Gasteiger partial charge in [-0.1, -0.05) is 18.2 Å². The highest BCUT2D eigenvalue weighted by molar-refractivity contribution is 7.17. The fraction of sp³-hybridized carbons (Fsp3) is 0.417. The van der Waals surface area contributed by atoms with Crippen molar-refractivity contribution in [1.29, 1.82) is 0 Å². The summed E-state index contributed by atoms with van der Waals surface area (Å²) in [5.74, 6) is -0.200. The number of hydrogen-bond donors (Lipinski definition) is 3. The highest BCUT2D eigenvalue weighted by Crippen LogP contribution is 2.38. The number of carbonyl (C=O) groups excluding carboxylic acids is 2. The van der Waals surface area contributed by atoms with Crippen LogP contribution >= 0.6 is 11.3 Å². The number of para-hydroxylation sites is 1. The quantitative estimate of drug-likeness (QED) is 0.541. The van der Waals surface area contributed by atoms with E-state index >= 15 is 0 Å². The highest BCUT2D eigenvalue weighted by atomic mass is 32.1. The molecule has 1 aliphatic heterocycles. The van der Waals surface area contributed by atoms with Gasteiger partial charge in [0.15, 0.2) is 0 Å². The molecule has 1 saturated heterocycles. The van der Waals surface area contributed by atoms with E-state index < -0.39 is 0 Å². The van der Waals surface area contributed by atoms with Crippen molar-refractivity contribution < 1.29 is 14.3 Å². The van der Waals surface area contributed by atoms with Gasteiger partial charge in [0.05, 0.1) is 18.1 Å². The second-order valence-electron chi connectivity index (χ2n) is 8.34. The molecule has 1 aromatic carbocycles. The molecule has 3 aromatic rings. The highest BCUT2D eigenvalue weighted by Gasteiger charge is 2.27. The number of aromatic nitrogens is 1. The maximum absolute atomic E-state index is 13.1. The van der Waals surface area contributed by atoms with E-state index in [1.54, 1.807) is 11.3 Å². The van der Waals surface area contributed by atoms with Crippen LogP contribution in [0.5, 0.6) is 0 Å². The summed E-state index contributed by atoms with van der Waals surface area (Å²) in [4.78, 5) is 30.5. The topological polar surface area (TPSA) is 83.2 Å². The molecule has 162 valence electrons. The second kappa shape index (κ2) is 8.85. The lowest BCUT2D eigenvalue weighted by atomic mass is 9.95. The SMILES string of the molecule is O=C(Cc1c[nH]c2ccccc12)Nc1sc2c(c1C(=O)NCC1CCCO1)CCCC2. The minimum absolute atomic E-state index is 0.0957. The third kappa shape index (κ3) is 4.25. The van der Waals surface area contributed by atoms with Crippen molar-refractivity contribution in [3.63, 3.8) is 0 Å². The number of nitrogens with one attached hydrogen (secondary N) is 3. The van der Waals surface area contributed by atoms with Crippen molar-refractivity contribution in [2.24, 2.45) is 0 Å². The van der Waals surface area contributed by atoms with E-state index in [9.17, 15) is 9.59 Å². The number of amides is 2. The van der Waals surface area contributed by atoms with Gasteiger partial charge in [-0.25, -0.2) is 0 Å². The predicted molar refractivity (Wildman–Crippen MR) is 123 cm³/mol. The summed E-state index contributed by atoms with van der Waals surface area (Å²) >= 11 is 1.56. The lowest BCUT2D eigenvalue weighted by molar-refractivity contribution is -0.115. The van der Waals surface area contributed by atoms with Gasteiger partial charge in [0, 0.05) is 35.1 Å². The number of aromatic amines is 1. The van der Waals surface area contributed by atoms with E-state index in [-0.39, 0.29) is 24.3 Å². The molecule has 0 spiro atoms. The molecule has 2 aromatic heterocycles. The van der Waals surface area contributed by atoms with Gasteiger partial charge in [-0.3, -0.25) is 9.59 Å². The number of aryl methyl sites for hydroxylation is 1. The number of ether oxygens (including phenoxy) is 1. The van der Waals surface area contributed by atoms with Gasteiger partial charge in [0.25, 0.3) is 5.91 Å². The Hall–Kier alpha value is -2.64. The van der Waals surface area contributed by atoms with Crippen LogP contribution < -0.4 is 10.6 Å². The fourth-order valence-corrected chi connectivity index (χ4v) is 5.92. The Kier molecular flexibility index (Phi) is 5.78. The predicted octanol–water partition coefficient (Wildman–Crippen LogP) is 4.20. The zero-order chi connectivity index (χ0) is 21.2. The molecule has 1 unspecified atom stereocenters. The van der Waals surface area contributed by atoms with Crippen molar-refractivity contribution in [3.8, 4) is 0 Å². The monoisotopic (exact) mass is 437 g/mol. The maximum Gasteiger partial charge on any atom is 0.254 e. The average molecular weight is 438 g/mol. The molecule has 1 atom stereocenters. The zero-order valence-corrected chi connectivity index (χ0v) is 18.3. The first kappa shape index (κ1) is 20.3. The summed E-state index contributed by atoms with van der Waals surface area (Å²) in [5.41, 5.74) is 3.75. The van der Waals surface area contributed by atoms with Crippen LogP contribution in [0.15, 0.2) is 30.5 Å². The summed E-state index contributed by atoms with van der Waals surface area (Å²) < 4.78 is 5.64. The number of rotatable bonds is 6. The van der Waals surface area contributed by atoms with E-state index in [1.807, 2.05) is 30.5 Å². The number of carbonyl (C=O) groups is 2. The Morgan fingerprint density at radius 2 is 2.03 bits per heavy atom. The first-order chi connectivity index (χ1) is 15.2. The third-order valence-corrected chi connectivity index (χ3v) is 7.40. The standard InChI is InChI=1S/C24H27N3O3S/c28-21(12-15-13-25-19-9-3-1-7-17(15)19)27-24-22(18-8-2-4-10-20(18)31-24)23(29)26-14-16-6-5-11-30-16/h1,3,7,9,13,16,25H,2,4-6,8,10-12,14H2,(H,26,29)(H,27,28). The van der Waals surface area contributed by atoms with Crippen LogP contribution in [-0.2, 0) is 28.8 Å². The number of thiophene rings is 1. The summed E-state index contributed by atoms with van der Waals surface area (Å²) in [6.45, 7) is 1.29. The number of fused-ring (bicyclic) bond motifs is 2. The van der Waals surface area contributed by atoms with Crippen LogP contribution in [0.4, 0.5) is 5.00 Å². The summed E-state index contributed by atoms with van der Waals surface area (Å²) in [6.07, 6.45) is 8.36. The molecule has 2 aliphatic rings. The number of anilines is 1. The Morgan fingerprint density at radius 3 is 2.90 bits per heavy atom. The largest absolute Gasteiger partial charge is 0.376 e. The molecule has 7 heteroatoms. The smallest absolute Gasteiger partial charge is 0.254 e. The zero-order valence-electron chi connectivity index (χ0n) is 17.5. The molecule has 3 N–H and O–H groups in total. The van der Waals surface area contributed by atoms with Gasteiger partial charge < -0.3 is 20.4 Å². The van der Waals surface area contributed by atoms with E-state index in [1.165, 1.54) is 4.88 Å². The minimum Gasteiger partial charge on any atom is -0.376 e. The van der Waals surface area contributed by atoms with Crippen molar-refractivity contribution >= 4 is 39.1 Å². The van der Waals surface area contributed by atoms with Gasteiger partial charge in [0.1, 0.15) is 5.00 Å². The van der Waals surface area contributed by atoms with Gasteiger partial charge in [-0.15, -0.1) is 11.3 Å². The van der Waals surface area contributed by atoms with Gasteiger partial charge in [0.2, 0.25) is 5.91 Å². The summed E-state index contributed by atoms with van der Waals surface area (Å²) in [5, 5.41) is 7.84. The molecule has 31 heavy (non-hydrogen) atoms. The van der Waals surface area contributed by atoms with Crippen LogP contribution in [0, 0.1) is 0 Å². The Morgan fingerprint density at radius 1 is 1.16 bits per heavy atom. The molecule has 5 rings (SSSR count). The van der Waals surface area contributed by atoms with Crippen LogP contribution in [0.3, 0.4) is 0 Å². The number of H-pyrrole nitrogens is 1. The van der Waals surface area contributed by atoms with Crippen molar-refractivity contribution in [1.82, 2.24) is 10.3 Å². The summed E-state index contributed by atoms with van der Waals surface area (Å²) in [6, 6.07) is 7.96. The van der Waals surface area contributed by atoms with Crippen LogP contribution in [-0.4, -0.2) is 36.1 Å². The first-order valence-electron chi connectivity index (χ1n) is 11.1. The molecular weight excluding hydrogens is 410 g/mol. The van der Waals surface area contributed by atoms with Crippen molar-refractivity contribution in [2.45, 2.75) is 51.0 Å². The Bertz CT molecular complexity index is 1110. The molecule has 6 nitrogen and oxygen atoms in total. The van der Waals surface area contributed by atoms with E-state index in [4.69, 9.17) is 4.74 Å². The van der Waals surface area contributed by atoms with Crippen molar-refractivity contribution in [2.75, 3.05) is 18.5 Å². The van der Waals surface area contributed by atoms with Crippen LogP contribution in [0.2, 0.25) is 0 Å². The first-order valence-corrected chi connectivity index (χ1v) is 11.9. The van der Waals surface area contributed by atoms with Crippen LogP contribution in [0.25, 0.3) is 10.9 Å². The van der Waals surface area contributed by atoms with Gasteiger partial charge in [-0.2, -0.15) is 0 Å². The molecule has 0 radical (unpaired) electrons. The maximum atomic E-state index is 13.1. The van der Waals surface area contributed by atoms with E-state index in [0.29, 0.717) is 17.1 Å². The van der Waals surface area contributed by atoms with Gasteiger partial charge >= 0.3 is 0 Å². The normalized spacial score (nSPS) is 18.1. The molecule has 0 bridgehead atoms. The molecule has 0 saturated carbocycles. The van der Waals surface area contributed by atoms with E-state index in [0.717, 1.165) is 67.2 Å². The van der Waals surface area contributed by atoms with Crippen molar-refractivity contribution in [3.05, 3.63) is 52.0 Å². The number of hydrogen-bond acceptors (Lipinski definition) is 4. The summed E-state index contributed by atoms with van der Waals surface area (Å²) in [7, 11) is 0. The van der Waals surface area contributed by atoms with E-state index in [2.05, 4.69) is 15.6 Å². The molecule has 3 heterocycles. The molecule has 1 aliphatic carbocycles. The Balaban J connectivity index is 1.34.